The maximum Gasteiger partial charge on any atom is 0.255 e. The minimum Gasteiger partial charge on any atom is -0.491 e. The first kappa shape index (κ1) is 15.3. The van der Waals surface area contributed by atoms with Crippen LogP contribution in [-0.4, -0.2) is 25.9 Å². The van der Waals surface area contributed by atoms with Crippen LogP contribution in [0, 0.1) is 0 Å². The molecule has 3 aromatic carbocycles. The highest BCUT2D eigenvalue weighted by Gasteiger charge is 2.21. The molecule has 1 N–H and O–H groups in total. The van der Waals surface area contributed by atoms with Crippen LogP contribution in [-0.2, 0) is 0 Å². The van der Waals surface area contributed by atoms with Crippen LogP contribution in [0.1, 0.15) is 10.4 Å². The van der Waals surface area contributed by atoms with Gasteiger partial charge in [-0.15, -0.1) is 0 Å². The number of carbonyl (C=O) groups excluding carboxylic acids is 1. The molecule has 5 nitrogen and oxygen atoms in total. The van der Waals surface area contributed by atoms with Gasteiger partial charge < -0.3 is 19.5 Å². The van der Waals surface area contributed by atoms with Crippen LogP contribution in [0.5, 0.6) is 17.2 Å². The van der Waals surface area contributed by atoms with Gasteiger partial charge in [0.05, 0.1) is 12.1 Å². The van der Waals surface area contributed by atoms with Gasteiger partial charge in [0.1, 0.15) is 12.4 Å². The van der Waals surface area contributed by atoms with Crippen molar-refractivity contribution in [3.63, 3.8) is 0 Å². The smallest absolute Gasteiger partial charge is 0.255 e. The average molecular weight is 335 g/mol. The second kappa shape index (κ2) is 6.73. The second-order valence-corrected chi connectivity index (χ2v) is 5.62. The van der Waals surface area contributed by atoms with E-state index >= 15 is 0 Å². The SMILES string of the molecule is O=C(NCCOc1cccc2ccccc12)c1cccc2c1OCO2. The molecule has 1 heterocycles. The first-order chi connectivity index (χ1) is 12.3. The Kier molecular flexibility index (Phi) is 4.12. The molecule has 0 spiro atoms. The molecule has 5 heteroatoms. The van der Waals surface area contributed by atoms with Crippen molar-refractivity contribution < 1.29 is 19.0 Å². The summed E-state index contributed by atoms with van der Waals surface area (Å²) in [5.41, 5.74) is 0.472. The number of rotatable bonds is 5. The molecule has 1 aliphatic heterocycles. The topological polar surface area (TPSA) is 56.8 Å². The largest absolute Gasteiger partial charge is 0.491 e. The Morgan fingerprint density at radius 2 is 1.84 bits per heavy atom. The van der Waals surface area contributed by atoms with Gasteiger partial charge >= 0.3 is 0 Å². The van der Waals surface area contributed by atoms with Crippen molar-refractivity contribution in [2.24, 2.45) is 0 Å². The van der Waals surface area contributed by atoms with Gasteiger partial charge in [-0.3, -0.25) is 4.79 Å². The Morgan fingerprint density at radius 1 is 1.00 bits per heavy atom. The minimum atomic E-state index is -0.205. The summed E-state index contributed by atoms with van der Waals surface area (Å²) in [6, 6.07) is 19.2. The fourth-order valence-corrected chi connectivity index (χ4v) is 2.85. The third kappa shape index (κ3) is 3.08. The fraction of sp³-hybridized carbons (Fsp3) is 0.150. The molecule has 0 saturated carbocycles. The number of amides is 1. The average Bonchev–Trinajstić information content (AvgIpc) is 3.14. The molecule has 1 aliphatic rings. The van der Waals surface area contributed by atoms with E-state index < -0.39 is 0 Å². The summed E-state index contributed by atoms with van der Waals surface area (Å²) in [6.07, 6.45) is 0. The molecular weight excluding hydrogens is 318 g/mol. The number of fused-ring (bicyclic) bond motifs is 2. The van der Waals surface area contributed by atoms with Gasteiger partial charge in [0, 0.05) is 5.39 Å². The van der Waals surface area contributed by atoms with Gasteiger partial charge in [-0.1, -0.05) is 42.5 Å². The molecular formula is C20H17NO4. The summed E-state index contributed by atoms with van der Waals surface area (Å²) in [7, 11) is 0. The molecule has 0 radical (unpaired) electrons. The van der Waals surface area contributed by atoms with E-state index in [-0.39, 0.29) is 12.7 Å². The number of hydrogen-bond acceptors (Lipinski definition) is 4. The van der Waals surface area contributed by atoms with Gasteiger partial charge in [0.2, 0.25) is 6.79 Å². The maximum absolute atomic E-state index is 12.3. The lowest BCUT2D eigenvalue weighted by Crippen LogP contribution is -2.28. The molecule has 0 atom stereocenters. The Morgan fingerprint density at radius 3 is 2.80 bits per heavy atom. The fourth-order valence-electron chi connectivity index (χ4n) is 2.85. The van der Waals surface area contributed by atoms with Crippen LogP contribution in [0.4, 0.5) is 0 Å². The third-order valence-electron chi connectivity index (χ3n) is 4.04. The molecule has 1 amide bonds. The van der Waals surface area contributed by atoms with E-state index in [1.165, 1.54) is 0 Å². The van der Waals surface area contributed by atoms with E-state index in [9.17, 15) is 4.79 Å². The Bertz CT molecular complexity index is 917. The van der Waals surface area contributed by atoms with Crippen molar-refractivity contribution in [2.75, 3.05) is 19.9 Å². The quantitative estimate of drug-likeness (QED) is 0.726. The zero-order chi connectivity index (χ0) is 17.1. The van der Waals surface area contributed by atoms with Crippen LogP contribution >= 0.6 is 0 Å². The van der Waals surface area contributed by atoms with Crippen LogP contribution in [0.2, 0.25) is 0 Å². The normalized spacial score (nSPS) is 12.2. The molecule has 25 heavy (non-hydrogen) atoms. The van der Waals surface area contributed by atoms with Gasteiger partial charge in [-0.05, 0) is 23.6 Å². The highest BCUT2D eigenvalue weighted by Crippen LogP contribution is 2.35. The minimum absolute atomic E-state index is 0.143. The summed E-state index contributed by atoms with van der Waals surface area (Å²) in [5.74, 6) is 1.70. The van der Waals surface area contributed by atoms with Gasteiger partial charge in [0.25, 0.3) is 5.91 Å². The second-order valence-electron chi connectivity index (χ2n) is 5.62. The molecule has 0 aromatic heterocycles. The number of para-hydroxylation sites is 1. The Labute approximate surface area is 145 Å². The first-order valence-electron chi connectivity index (χ1n) is 8.10. The lowest BCUT2D eigenvalue weighted by atomic mass is 10.1. The van der Waals surface area contributed by atoms with Crippen molar-refractivity contribution in [3.8, 4) is 17.2 Å². The maximum atomic E-state index is 12.3. The van der Waals surface area contributed by atoms with E-state index in [2.05, 4.69) is 5.32 Å². The number of carbonyl (C=O) groups is 1. The van der Waals surface area contributed by atoms with Crippen LogP contribution < -0.4 is 19.5 Å². The predicted molar refractivity (Wildman–Crippen MR) is 94.3 cm³/mol. The predicted octanol–water partition coefficient (Wildman–Crippen LogP) is 3.38. The molecule has 3 aromatic rings. The summed E-state index contributed by atoms with van der Waals surface area (Å²) in [5, 5.41) is 5.03. The van der Waals surface area contributed by atoms with Crippen molar-refractivity contribution in [1.29, 1.82) is 0 Å². The molecule has 0 bridgehead atoms. The van der Waals surface area contributed by atoms with E-state index in [1.54, 1.807) is 18.2 Å². The number of hydrogen-bond donors (Lipinski definition) is 1. The van der Waals surface area contributed by atoms with E-state index in [1.807, 2.05) is 42.5 Å². The highest BCUT2D eigenvalue weighted by molar-refractivity contribution is 5.98. The van der Waals surface area contributed by atoms with Crippen molar-refractivity contribution >= 4 is 16.7 Å². The summed E-state index contributed by atoms with van der Waals surface area (Å²) < 4.78 is 16.5. The van der Waals surface area contributed by atoms with Gasteiger partial charge in [-0.2, -0.15) is 0 Å². The molecule has 0 aliphatic carbocycles. The lowest BCUT2D eigenvalue weighted by Gasteiger charge is -2.11. The van der Waals surface area contributed by atoms with Gasteiger partial charge in [-0.25, -0.2) is 0 Å². The zero-order valence-corrected chi connectivity index (χ0v) is 13.5. The molecule has 4 rings (SSSR count). The van der Waals surface area contributed by atoms with Crippen LogP contribution in [0.15, 0.2) is 60.7 Å². The zero-order valence-electron chi connectivity index (χ0n) is 13.5. The summed E-state index contributed by atoms with van der Waals surface area (Å²) >= 11 is 0. The first-order valence-corrected chi connectivity index (χ1v) is 8.10. The number of benzene rings is 3. The van der Waals surface area contributed by atoms with Crippen molar-refractivity contribution in [3.05, 3.63) is 66.2 Å². The highest BCUT2D eigenvalue weighted by atomic mass is 16.7. The van der Waals surface area contributed by atoms with E-state index in [4.69, 9.17) is 14.2 Å². The molecule has 0 unspecified atom stereocenters. The van der Waals surface area contributed by atoms with Gasteiger partial charge in [0.15, 0.2) is 11.5 Å². The molecule has 0 saturated heterocycles. The number of nitrogens with one attached hydrogen (secondary N) is 1. The van der Waals surface area contributed by atoms with Crippen LogP contribution in [0.3, 0.4) is 0 Å². The Hall–Kier alpha value is -3.21. The van der Waals surface area contributed by atoms with E-state index in [0.717, 1.165) is 16.5 Å². The van der Waals surface area contributed by atoms with E-state index in [0.29, 0.717) is 30.2 Å². The lowest BCUT2D eigenvalue weighted by molar-refractivity contribution is 0.0942. The monoisotopic (exact) mass is 335 g/mol. The molecule has 0 fully saturated rings. The summed E-state index contributed by atoms with van der Waals surface area (Å²) in [4.78, 5) is 12.3. The van der Waals surface area contributed by atoms with Crippen LogP contribution in [0.25, 0.3) is 10.8 Å². The number of ether oxygens (including phenoxy) is 3. The van der Waals surface area contributed by atoms with Crippen molar-refractivity contribution in [1.82, 2.24) is 5.32 Å². The third-order valence-corrected chi connectivity index (χ3v) is 4.04. The standard InChI is InChI=1S/C20H17NO4/c22-20(16-8-4-10-18-19(16)25-13-24-18)21-11-12-23-17-9-3-6-14-5-1-2-7-15(14)17/h1-10H,11-13H2,(H,21,22). The Balaban J connectivity index is 1.37. The van der Waals surface area contributed by atoms with Crippen molar-refractivity contribution in [2.45, 2.75) is 0 Å². The summed E-state index contributed by atoms with van der Waals surface area (Å²) in [6.45, 7) is 0.919. The molecule has 126 valence electrons.